The van der Waals surface area contributed by atoms with E-state index < -0.39 is 0 Å². The maximum absolute atomic E-state index is 12.7. The van der Waals surface area contributed by atoms with Gasteiger partial charge in [-0.25, -0.2) is 4.98 Å². The molecule has 2 aromatic carbocycles. The number of aromatic nitrogens is 2. The maximum atomic E-state index is 12.7. The second kappa shape index (κ2) is 7.36. The van der Waals surface area contributed by atoms with Gasteiger partial charge in [0, 0.05) is 23.8 Å². The molecule has 4 nitrogen and oxygen atoms in total. The van der Waals surface area contributed by atoms with Gasteiger partial charge in [-0.3, -0.25) is 9.36 Å². The Morgan fingerprint density at radius 2 is 1.96 bits per heavy atom. The molecule has 0 saturated carbocycles. The van der Waals surface area contributed by atoms with Crippen LogP contribution in [-0.2, 0) is 5.75 Å². The summed E-state index contributed by atoms with van der Waals surface area (Å²) in [6.45, 7) is 2.02. The van der Waals surface area contributed by atoms with Crippen LogP contribution in [0.1, 0.15) is 11.1 Å². The largest absolute Gasteiger partial charge is 0.497 e. The summed E-state index contributed by atoms with van der Waals surface area (Å²) >= 11 is 1.43. The predicted octanol–water partition coefficient (Wildman–Crippen LogP) is 3.84. The van der Waals surface area contributed by atoms with E-state index in [0.717, 1.165) is 22.6 Å². The number of aryl methyl sites for hydroxylation is 1. The Morgan fingerprint density at radius 3 is 2.71 bits per heavy atom. The van der Waals surface area contributed by atoms with Crippen molar-refractivity contribution in [2.24, 2.45) is 0 Å². The van der Waals surface area contributed by atoms with Crippen LogP contribution in [0.2, 0.25) is 0 Å². The van der Waals surface area contributed by atoms with Crippen LogP contribution in [0.3, 0.4) is 0 Å². The van der Waals surface area contributed by atoms with E-state index in [1.807, 2.05) is 55.5 Å². The van der Waals surface area contributed by atoms with E-state index in [-0.39, 0.29) is 5.56 Å². The lowest BCUT2D eigenvalue weighted by molar-refractivity contribution is 0.414. The zero-order valence-corrected chi connectivity index (χ0v) is 14.4. The Labute approximate surface area is 145 Å². The van der Waals surface area contributed by atoms with Crippen molar-refractivity contribution in [1.82, 2.24) is 9.55 Å². The third-order valence-electron chi connectivity index (χ3n) is 3.63. The molecule has 0 atom stereocenters. The molecule has 0 aliphatic carbocycles. The molecule has 0 aliphatic heterocycles. The SMILES string of the molecule is COc1cccc(CSc2nccn(-c3ccc(C)cc3)c2=O)c1. The highest BCUT2D eigenvalue weighted by molar-refractivity contribution is 7.98. The monoisotopic (exact) mass is 338 g/mol. The molecule has 0 spiro atoms. The summed E-state index contributed by atoms with van der Waals surface area (Å²) in [5.41, 5.74) is 2.99. The Hall–Kier alpha value is -2.53. The fourth-order valence-corrected chi connectivity index (χ4v) is 3.16. The Kier molecular flexibility index (Phi) is 5.01. The van der Waals surface area contributed by atoms with Gasteiger partial charge in [-0.15, -0.1) is 0 Å². The van der Waals surface area contributed by atoms with Crippen LogP contribution in [0.25, 0.3) is 5.69 Å². The van der Waals surface area contributed by atoms with Gasteiger partial charge in [0.2, 0.25) is 0 Å². The lowest BCUT2D eigenvalue weighted by Crippen LogP contribution is -2.20. The summed E-state index contributed by atoms with van der Waals surface area (Å²) in [5, 5.41) is 0.487. The van der Waals surface area contributed by atoms with Crippen LogP contribution in [-0.4, -0.2) is 16.7 Å². The van der Waals surface area contributed by atoms with Crippen molar-refractivity contribution >= 4 is 11.8 Å². The summed E-state index contributed by atoms with van der Waals surface area (Å²) < 4.78 is 6.85. The van der Waals surface area contributed by atoms with Crippen molar-refractivity contribution < 1.29 is 4.74 Å². The molecule has 0 aliphatic rings. The van der Waals surface area contributed by atoms with E-state index in [2.05, 4.69) is 4.98 Å². The third kappa shape index (κ3) is 3.68. The molecule has 3 rings (SSSR count). The van der Waals surface area contributed by atoms with E-state index in [1.165, 1.54) is 11.8 Å². The molecule has 122 valence electrons. The number of ether oxygens (including phenoxy) is 1. The van der Waals surface area contributed by atoms with Crippen LogP contribution in [0.4, 0.5) is 0 Å². The molecule has 0 fully saturated rings. The van der Waals surface area contributed by atoms with Crippen molar-refractivity contribution in [3.8, 4) is 11.4 Å². The van der Waals surface area contributed by atoms with Gasteiger partial charge in [-0.2, -0.15) is 0 Å². The fraction of sp³-hybridized carbons (Fsp3) is 0.158. The van der Waals surface area contributed by atoms with Crippen LogP contribution < -0.4 is 10.3 Å². The molecule has 0 bridgehead atoms. The Bertz CT molecular complexity index is 888. The summed E-state index contributed by atoms with van der Waals surface area (Å²) in [4.78, 5) is 16.9. The molecule has 0 unspecified atom stereocenters. The molecule has 1 heterocycles. The van der Waals surface area contributed by atoms with Crippen molar-refractivity contribution in [2.45, 2.75) is 17.7 Å². The smallest absolute Gasteiger partial charge is 0.287 e. The van der Waals surface area contributed by atoms with Crippen LogP contribution in [0.15, 0.2) is 70.7 Å². The zero-order chi connectivity index (χ0) is 16.9. The average Bonchev–Trinajstić information content (AvgIpc) is 2.62. The lowest BCUT2D eigenvalue weighted by atomic mass is 10.2. The quantitative estimate of drug-likeness (QED) is 0.663. The average molecular weight is 338 g/mol. The van der Waals surface area contributed by atoms with Crippen molar-refractivity contribution in [2.75, 3.05) is 7.11 Å². The summed E-state index contributed by atoms with van der Waals surface area (Å²) in [6.07, 6.45) is 3.36. The number of hydrogen-bond donors (Lipinski definition) is 0. The molecular weight excluding hydrogens is 320 g/mol. The van der Waals surface area contributed by atoms with Gasteiger partial charge in [0.1, 0.15) is 5.75 Å². The minimum Gasteiger partial charge on any atom is -0.497 e. The van der Waals surface area contributed by atoms with E-state index in [4.69, 9.17) is 4.74 Å². The first-order chi connectivity index (χ1) is 11.7. The molecule has 5 heteroatoms. The third-order valence-corrected chi connectivity index (χ3v) is 4.66. The van der Waals surface area contributed by atoms with Gasteiger partial charge in [0.15, 0.2) is 5.03 Å². The first-order valence-corrected chi connectivity index (χ1v) is 8.56. The van der Waals surface area contributed by atoms with Gasteiger partial charge >= 0.3 is 0 Å². The second-order valence-electron chi connectivity index (χ2n) is 5.38. The van der Waals surface area contributed by atoms with Gasteiger partial charge in [0.05, 0.1) is 7.11 Å². The van der Waals surface area contributed by atoms with Gasteiger partial charge < -0.3 is 4.74 Å². The number of methoxy groups -OCH3 is 1. The highest BCUT2D eigenvalue weighted by Crippen LogP contribution is 2.21. The van der Waals surface area contributed by atoms with Crippen LogP contribution >= 0.6 is 11.8 Å². The molecule has 24 heavy (non-hydrogen) atoms. The Balaban J connectivity index is 1.83. The summed E-state index contributed by atoms with van der Waals surface area (Å²) in [7, 11) is 1.64. The number of rotatable bonds is 5. The van der Waals surface area contributed by atoms with E-state index in [0.29, 0.717) is 10.8 Å². The Morgan fingerprint density at radius 1 is 1.17 bits per heavy atom. The fourth-order valence-electron chi connectivity index (χ4n) is 2.32. The number of benzene rings is 2. The van der Waals surface area contributed by atoms with Crippen molar-refractivity contribution in [1.29, 1.82) is 0 Å². The van der Waals surface area contributed by atoms with Crippen LogP contribution in [0, 0.1) is 6.92 Å². The predicted molar refractivity (Wildman–Crippen MR) is 97.1 cm³/mol. The molecule has 1 aromatic heterocycles. The standard InChI is InChI=1S/C19H18N2O2S/c1-14-6-8-16(9-7-14)21-11-10-20-18(19(21)22)24-13-15-4-3-5-17(12-15)23-2/h3-12H,13H2,1-2H3. The summed E-state index contributed by atoms with van der Waals surface area (Å²) in [6, 6.07) is 15.7. The van der Waals surface area contributed by atoms with Gasteiger partial charge in [-0.05, 0) is 36.8 Å². The van der Waals surface area contributed by atoms with Gasteiger partial charge in [0.25, 0.3) is 5.56 Å². The van der Waals surface area contributed by atoms with E-state index in [1.54, 1.807) is 24.1 Å². The number of hydrogen-bond acceptors (Lipinski definition) is 4. The number of nitrogens with zero attached hydrogens (tertiary/aromatic N) is 2. The van der Waals surface area contributed by atoms with Gasteiger partial charge in [-0.1, -0.05) is 41.6 Å². The summed E-state index contributed by atoms with van der Waals surface area (Å²) in [5.74, 6) is 1.48. The molecule has 0 amide bonds. The minimum absolute atomic E-state index is 0.103. The van der Waals surface area contributed by atoms with Crippen LogP contribution in [0.5, 0.6) is 5.75 Å². The molecular formula is C19H18N2O2S. The molecule has 3 aromatic rings. The zero-order valence-electron chi connectivity index (χ0n) is 13.6. The maximum Gasteiger partial charge on any atom is 0.287 e. The van der Waals surface area contributed by atoms with E-state index >= 15 is 0 Å². The highest BCUT2D eigenvalue weighted by Gasteiger charge is 2.08. The van der Waals surface area contributed by atoms with Crippen molar-refractivity contribution in [3.05, 3.63) is 82.4 Å². The topological polar surface area (TPSA) is 44.1 Å². The molecule has 0 radical (unpaired) electrons. The first-order valence-electron chi connectivity index (χ1n) is 7.58. The second-order valence-corrected chi connectivity index (χ2v) is 6.35. The highest BCUT2D eigenvalue weighted by atomic mass is 32.2. The number of thioether (sulfide) groups is 1. The molecule has 0 N–H and O–H groups in total. The minimum atomic E-state index is -0.103. The van der Waals surface area contributed by atoms with E-state index in [9.17, 15) is 4.79 Å². The van der Waals surface area contributed by atoms with Crippen molar-refractivity contribution in [3.63, 3.8) is 0 Å². The normalized spacial score (nSPS) is 10.6. The molecule has 0 saturated heterocycles. The lowest BCUT2D eigenvalue weighted by Gasteiger charge is -2.08. The first kappa shape index (κ1) is 16.3.